The topological polar surface area (TPSA) is 30.9 Å². The number of alkyl halides is 3. The fourth-order valence-corrected chi connectivity index (χ4v) is 3.86. The van der Waals surface area contributed by atoms with Gasteiger partial charge in [0.1, 0.15) is 0 Å². The molecule has 5 heteroatoms. The molecule has 0 aliphatic carbocycles. The maximum absolute atomic E-state index is 13.5. The van der Waals surface area contributed by atoms with Crippen molar-refractivity contribution in [3.8, 4) is 16.9 Å². The third kappa shape index (κ3) is 3.08. The third-order valence-corrected chi connectivity index (χ3v) is 5.36. The average molecular weight is 402 g/mol. The van der Waals surface area contributed by atoms with Crippen molar-refractivity contribution in [2.24, 2.45) is 0 Å². The molecule has 0 aliphatic rings. The molecule has 0 unspecified atom stereocenters. The van der Waals surface area contributed by atoms with Crippen molar-refractivity contribution in [3.05, 3.63) is 96.7 Å². The molecule has 2 nitrogen and oxygen atoms in total. The first-order valence-corrected chi connectivity index (χ1v) is 9.47. The van der Waals surface area contributed by atoms with Crippen LogP contribution in [-0.2, 0) is 6.18 Å². The van der Waals surface area contributed by atoms with Crippen molar-refractivity contribution in [2.45, 2.75) is 6.18 Å². The minimum absolute atomic E-state index is 0.474. The van der Waals surface area contributed by atoms with Crippen molar-refractivity contribution >= 4 is 27.2 Å². The number of nitrogens with two attached hydrogens (primary N) is 1. The summed E-state index contributed by atoms with van der Waals surface area (Å²) in [5, 5.41) is 4.29. The van der Waals surface area contributed by atoms with Gasteiger partial charge in [-0.25, -0.2) is 0 Å². The number of halogens is 3. The molecule has 0 spiro atoms. The molecule has 0 amide bonds. The van der Waals surface area contributed by atoms with E-state index in [2.05, 4.69) is 6.07 Å². The summed E-state index contributed by atoms with van der Waals surface area (Å²) < 4.78 is 42.0. The minimum atomic E-state index is -4.43. The van der Waals surface area contributed by atoms with Gasteiger partial charge < -0.3 is 10.3 Å². The van der Waals surface area contributed by atoms with Crippen molar-refractivity contribution < 1.29 is 13.2 Å². The number of hydrogen-bond donors (Lipinski definition) is 1. The van der Waals surface area contributed by atoms with E-state index in [0.29, 0.717) is 22.6 Å². The molecule has 1 heterocycles. The highest BCUT2D eigenvalue weighted by Crippen LogP contribution is 2.37. The van der Waals surface area contributed by atoms with Gasteiger partial charge >= 0.3 is 6.18 Å². The van der Waals surface area contributed by atoms with Gasteiger partial charge in [-0.3, -0.25) is 0 Å². The maximum atomic E-state index is 13.5. The third-order valence-electron chi connectivity index (χ3n) is 5.36. The summed E-state index contributed by atoms with van der Waals surface area (Å²) in [5.41, 5.74) is 7.42. The van der Waals surface area contributed by atoms with E-state index in [1.165, 1.54) is 6.07 Å². The largest absolute Gasteiger partial charge is 0.417 e. The van der Waals surface area contributed by atoms with Crippen LogP contribution in [0.3, 0.4) is 0 Å². The molecule has 30 heavy (non-hydrogen) atoms. The van der Waals surface area contributed by atoms with Gasteiger partial charge in [0.2, 0.25) is 0 Å². The summed E-state index contributed by atoms with van der Waals surface area (Å²) in [4.78, 5) is 0. The van der Waals surface area contributed by atoms with Gasteiger partial charge in [0.15, 0.2) is 0 Å². The van der Waals surface area contributed by atoms with E-state index in [9.17, 15) is 13.2 Å². The average Bonchev–Trinajstić information content (AvgIpc) is 3.20. The SMILES string of the molecule is Nc1ccc(-n2cc(C(F)(F)F)cc2-c2ccc3c(ccc4ccccc43)c2)cc1. The minimum Gasteiger partial charge on any atom is -0.399 e. The van der Waals surface area contributed by atoms with E-state index in [-0.39, 0.29) is 0 Å². The van der Waals surface area contributed by atoms with E-state index in [1.807, 2.05) is 48.5 Å². The van der Waals surface area contributed by atoms with Crippen LogP contribution in [0.2, 0.25) is 0 Å². The number of benzene rings is 4. The van der Waals surface area contributed by atoms with Crippen LogP contribution < -0.4 is 5.73 Å². The summed E-state index contributed by atoms with van der Waals surface area (Å²) in [6.07, 6.45) is -3.30. The Bertz CT molecular complexity index is 1380. The lowest BCUT2D eigenvalue weighted by Gasteiger charge is -2.11. The van der Waals surface area contributed by atoms with Crippen LogP contribution >= 0.6 is 0 Å². The first kappa shape index (κ1) is 18.3. The van der Waals surface area contributed by atoms with E-state index >= 15 is 0 Å². The Hall–Kier alpha value is -3.73. The number of rotatable bonds is 2. The fourth-order valence-electron chi connectivity index (χ4n) is 3.86. The second kappa shape index (κ2) is 6.66. The van der Waals surface area contributed by atoms with Gasteiger partial charge in [-0.2, -0.15) is 13.2 Å². The molecule has 5 aromatic rings. The highest BCUT2D eigenvalue weighted by Gasteiger charge is 2.33. The molecule has 148 valence electrons. The fraction of sp³-hybridized carbons (Fsp3) is 0.0400. The molecule has 0 saturated heterocycles. The molecule has 0 aliphatic heterocycles. The summed E-state index contributed by atoms with van der Waals surface area (Å²) >= 11 is 0. The Labute approximate surface area is 171 Å². The predicted octanol–water partition coefficient (Wildman–Crippen LogP) is 7.05. The van der Waals surface area contributed by atoms with Crippen LogP contribution in [0.25, 0.3) is 38.5 Å². The Kier molecular flexibility index (Phi) is 4.07. The molecule has 4 aromatic carbocycles. The molecule has 0 fully saturated rings. The lowest BCUT2D eigenvalue weighted by Crippen LogP contribution is -2.03. The van der Waals surface area contributed by atoms with Gasteiger partial charge in [-0.05, 0) is 63.5 Å². The number of anilines is 1. The van der Waals surface area contributed by atoms with Crippen LogP contribution in [0.5, 0.6) is 0 Å². The standard InChI is InChI=1S/C25H17F3N2/c26-25(27,28)19-14-24(30(15-19)21-10-8-20(29)9-11-21)18-7-12-23-17(13-18)6-5-16-3-1-2-4-22(16)23/h1-15H,29H2. The van der Waals surface area contributed by atoms with Crippen LogP contribution in [0, 0.1) is 0 Å². The molecule has 0 radical (unpaired) electrons. The number of fused-ring (bicyclic) bond motifs is 3. The predicted molar refractivity (Wildman–Crippen MR) is 116 cm³/mol. The number of aromatic nitrogens is 1. The Morgan fingerprint density at radius 2 is 1.40 bits per heavy atom. The molecular weight excluding hydrogens is 385 g/mol. The highest BCUT2D eigenvalue weighted by atomic mass is 19.4. The van der Waals surface area contributed by atoms with Gasteiger partial charge in [-0.1, -0.05) is 48.5 Å². The zero-order chi connectivity index (χ0) is 20.9. The van der Waals surface area contributed by atoms with Crippen LogP contribution in [0.1, 0.15) is 5.56 Å². The Morgan fingerprint density at radius 1 is 0.700 bits per heavy atom. The van der Waals surface area contributed by atoms with E-state index in [1.54, 1.807) is 28.8 Å². The zero-order valence-electron chi connectivity index (χ0n) is 15.8. The lowest BCUT2D eigenvalue weighted by atomic mass is 9.99. The smallest absolute Gasteiger partial charge is 0.399 e. The Balaban J connectivity index is 1.72. The molecular formula is C25H17F3N2. The molecule has 5 rings (SSSR count). The second-order valence-corrected chi connectivity index (χ2v) is 7.30. The monoisotopic (exact) mass is 402 g/mol. The summed E-state index contributed by atoms with van der Waals surface area (Å²) in [7, 11) is 0. The first-order valence-electron chi connectivity index (χ1n) is 9.47. The van der Waals surface area contributed by atoms with Gasteiger partial charge in [0.25, 0.3) is 0 Å². The Morgan fingerprint density at radius 3 is 2.17 bits per heavy atom. The molecule has 0 bridgehead atoms. The normalized spacial score (nSPS) is 12.0. The van der Waals surface area contributed by atoms with Crippen molar-refractivity contribution in [1.29, 1.82) is 0 Å². The number of nitrogen functional groups attached to an aromatic ring is 1. The summed E-state index contributed by atoms with van der Waals surface area (Å²) in [5.74, 6) is 0. The van der Waals surface area contributed by atoms with Crippen LogP contribution in [-0.4, -0.2) is 4.57 Å². The molecule has 1 aromatic heterocycles. The van der Waals surface area contributed by atoms with E-state index in [4.69, 9.17) is 5.73 Å². The van der Waals surface area contributed by atoms with Gasteiger partial charge in [0, 0.05) is 17.6 Å². The van der Waals surface area contributed by atoms with Gasteiger partial charge in [0.05, 0.1) is 11.3 Å². The molecule has 0 atom stereocenters. The lowest BCUT2D eigenvalue weighted by molar-refractivity contribution is -0.137. The maximum Gasteiger partial charge on any atom is 0.417 e. The summed E-state index contributed by atoms with van der Waals surface area (Å²) in [6, 6.07) is 25.9. The molecule has 2 N–H and O–H groups in total. The van der Waals surface area contributed by atoms with Crippen LogP contribution in [0.15, 0.2) is 91.1 Å². The highest BCUT2D eigenvalue weighted by molar-refractivity contribution is 6.08. The van der Waals surface area contributed by atoms with Crippen LogP contribution in [0.4, 0.5) is 18.9 Å². The van der Waals surface area contributed by atoms with Crippen molar-refractivity contribution in [3.63, 3.8) is 0 Å². The van der Waals surface area contributed by atoms with E-state index < -0.39 is 11.7 Å². The van der Waals surface area contributed by atoms with E-state index in [0.717, 1.165) is 27.7 Å². The molecule has 0 saturated carbocycles. The zero-order valence-corrected chi connectivity index (χ0v) is 15.8. The number of hydrogen-bond acceptors (Lipinski definition) is 1. The summed E-state index contributed by atoms with van der Waals surface area (Å²) in [6.45, 7) is 0. The first-order chi connectivity index (χ1) is 14.4. The quantitative estimate of drug-likeness (QED) is 0.249. The van der Waals surface area contributed by atoms with Gasteiger partial charge in [-0.15, -0.1) is 0 Å². The second-order valence-electron chi connectivity index (χ2n) is 7.30. The van der Waals surface area contributed by atoms with Crippen molar-refractivity contribution in [2.75, 3.05) is 5.73 Å². The van der Waals surface area contributed by atoms with Crippen molar-refractivity contribution in [1.82, 2.24) is 4.57 Å². The number of nitrogens with zero attached hydrogens (tertiary/aromatic N) is 1.